The van der Waals surface area contributed by atoms with E-state index in [4.69, 9.17) is 0 Å². The molecule has 5 heteroatoms. The van der Waals surface area contributed by atoms with Crippen LogP contribution in [0.1, 0.15) is 23.7 Å². The van der Waals surface area contributed by atoms with Gasteiger partial charge < -0.3 is 10.2 Å². The predicted octanol–water partition coefficient (Wildman–Crippen LogP) is 2.88. The third kappa shape index (κ3) is 3.05. The van der Waals surface area contributed by atoms with Crippen LogP contribution in [0.2, 0.25) is 0 Å². The monoisotopic (exact) mass is 422 g/mol. The van der Waals surface area contributed by atoms with Crippen molar-refractivity contribution >= 4 is 44.4 Å². The van der Waals surface area contributed by atoms with Crippen LogP contribution in [-0.4, -0.2) is 36.5 Å². The van der Waals surface area contributed by atoms with E-state index >= 15 is 0 Å². The number of benzene rings is 1. The van der Waals surface area contributed by atoms with Crippen molar-refractivity contribution in [1.82, 2.24) is 10.2 Å². The van der Waals surface area contributed by atoms with E-state index in [1.54, 1.807) is 0 Å². The van der Waals surface area contributed by atoms with Crippen molar-refractivity contribution in [2.24, 2.45) is 0 Å². The lowest BCUT2D eigenvalue weighted by molar-refractivity contribution is 0.0702. The Hall–Kier alpha value is -0.140. The Kier molecular flexibility index (Phi) is 5.03. The molecule has 1 aliphatic rings. The number of hydrogen-bond donors (Lipinski definition) is 1. The fraction of sp³-hybridized carbons (Fsp3) is 0.462. The Labute approximate surface area is 130 Å². The minimum absolute atomic E-state index is 0.136. The fourth-order valence-corrected chi connectivity index (χ4v) is 3.22. The zero-order chi connectivity index (χ0) is 13.1. The molecule has 1 fully saturated rings. The number of halogens is 2. The van der Waals surface area contributed by atoms with Crippen molar-refractivity contribution in [3.63, 3.8) is 0 Å². The van der Waals surface area contributed by atoms with Gasteiger partial charge in [-0.25, -0.2) is 0 Å². The first-order valence-electron chi connectivity index (χ1n) is 6.10. The predicted molar refractivity (Wildman–Crippen MR) is 84.8 cm³/mol. The van der Waals surface area contributed by atoms with Crippen molar-refractivity contribution in [3.05, 3.63) is 31.8 Å². The third-order valence-electron chi connectivity index (χ3n) is 3.24. The van der Waals surface area contributed by atoms with Crippen LogP contribution in [0.25, 0.3) is 0 Å². The average molecular weight is 423 g/mol. The zero-order valence-corrected chi connectivity index (χ0v) is 14.0. The molecule has 1 heterocycles. The van der Waals surface area contributed by atoms with E-state index in [1.807, 2.05) is 30.0 Å². The standard InChI is InChI=1S/C13H16BrIN2O/c1-2-17(10-5-6-16-8-10)13(18)11-7-9(14)3-4-12(11)15/h3-4,7,10,16H,2,5-6,8H2,1H3. The Bertz CT molecular complexity index is 447. The average Bonchev–Trinajstić information content (AvgIpc) is 2.87. The summed E-state index contributed by atoms with van der Waals surface area (Å²) < 4.78 is 1.96. The summed E-state index contributed by atoms with van der Waals surface area (Å²) in [5.41, 5.74) is 0.790. The number of nitrogens with one attached hydrogen (secondary N) is 1. The normalized spacial score (nSPS) is 18.9. The molecule has 1 aromatic carbocycles. The Morgan fingerprint density at radius 3 is 3.00 bits per heavy atom. The first-order valence-corrected chi connectivity index (χ1v) is 7.97. The molecule has 0 bridgehead atoms. The molecule has 2 rings (SSSR count). The summed E-state index contributed by atoms with van der Waals surface area (Å²) in [5.74, 6) is 0.136. The van der Waals surface area contributed by atoms with Crippen LogP contribution < -0.4 is 5.32 Å². The summed E-state index contributed by atoms with van der Waals surface area (Å²) in [5, 5.41) is 3.31. The van der Waals surface area contributed by atoms with Gasteiger partial charge in [0.1, 0.15) is 0 Å². The molecule has 1 unspecified atom stereocenters. The van der Waals surface area contributed by atoms with Crippen LogP contribution in [-0.2, 0) is 0 Å². The summed E-state index contributed by atoms with van der Waals surface area (Å²) >= 11 is 5.65. The molecule has 0 aliphatic carbocycles. The molecule has 0 saturated carbocycles. The molecule has 1 atom stereocenters. The number of carbonyl (C=O) groups is 1. The molecule has 1 aromatic rings. The van der Waals surface area contributed by atoms with Gasteiger partial charge in [-0.1, -0.05) is 15.9 Å². The molecule has 0 spiro atoms. The second kappa shape index (κ2) is 6.34. The van der Waals surface area contributed by atoms with Gasteiger partial charge in [0.2, 0.25) is 0 Å². The van der Waals surface area contributed by atoms with Gasteiger partial charge in [-0.05, 0) is 60.7 Å². The topological polar surface area (TPSA) is 32.3 Å². The third-order valence-corrected chi connectivity index (χ3v) is 4.67. The van der Waals surface area contributed by atoms with Gasteiger partial charge in [0.15, 0.2) is 0 Å². The summed E-state index contributed by atoms with van der Waals surface area (Å²) in [6, 6.07) is 6.18. The number of amides is 1. The molecule has 1 aliphatic heterocycles. The van der Waals surface area contributed by atoms with E-state index in [0.717, 1.165) is 39.7 Å². The maximum atomic E-state index is 12.6. The molecule has 0 aromatic heterocycles. The lowest BCUT2D eigenvalue weighted by atomic mass is 10.1. The molecule has 98 valence electrons. The Balaban J connectivity index is 2.25. The van der Waals surface area contributed by atoms with E-state index in [-0.39, 0.29) is 5.91 Å². The zero-order valence-electron chi connectivity index (χ0n) is 10.2. The maximum Gasteiger partial charge on any atom is 0.255 e. The molecule has 0 radical (unpaired) electrons. The molecule has 18 heavy (non-hydrogen) atoms. The van der Waals surface area contributed by atoms with E-state index in [2.05, 4.69) is 43.8 Å². The number of nitrogens with zero attached hydrogens (tertiary/aromatic N) is 1. The minimum Gasteiger partial charge on any atom is -0.335 e. The van der Waals surface area contributed by atoms with Crippen molar-refractivity contribution in [1.29, 1.82) is 0 Å². The fourth-order valence-electron chi connectivity index (χ4n) is 2.29. The van der Waals surface area contributed by atoms with Gasteiger partial charge in [0.05, 0.1) is 5.56 Å². The highest BCUT2D eigenvalue weighted by molar-refractivity contribution is 14.1. The van der Waals surface area contributed by atoms with Gasteiger partial charge in [-0.3, -0.25) is 4.79 Å². The highest BCUT2D eigenvalue weighted by atomic mass is 127. The minimum atomic E-state index is 0.136. The molecule has 1 N–H and O–H groups in total. The first-order chi connectivity index (χ1) is 8.63. The smallest absolute Gasteiger partial charge is 0.255 e. The number of likely N-dealkylation sites (N-methyl/N-ethyl adjacent to an activating group) is 1. The number of carbonyl (C=O) groups excluding carboxylic acids is 1. The van der Waals surface area contributed by atoms with Crippen molar-refractivity contribution in [2.45, 2.75) is 19.4 Å². The van der Waals surface area contributed by atoms with E-state index in [9.17, 15) is 4.79 Å². The second-order valence-corrected chi connectivity index (χ2v) is 6.44. The summed E-state index contributed by atoms with van der Waals surface area (Å²) in [7, 11) is 0. The SMILES string of the molecule is CCN(C(=O)c1cc(Br)ccc1I)C1CCNC1. The van der Waals surface area contributed by atoms with Crippen molar-refractivity contribution < 1.29 is 4.79 Å². The molecular weight excluding hydrogens is 407 g/mol. The Morgan fingerprint density at radius 1 is 1.61 bits per heavy atom. The van der Waals surface area contributed by atoms with Gasteiger partial charge in [0.25, 0.3) is 5.91 Å². The lowest BCUT2D eigenvalue weighted by Crippen LogP contribution is -2.41. The van der Waals surface area contributed by atoms with Gasteiger partial charge in [-0.15, -0.1) is 0 Å². The largest absolute Gasteiger partial charge is 0.335 e. The van der Waals surface area contributed by atoms with Crippen LogP contribution in [0.15, 0.2) is 22.7 Å². The van der Waals surface area contributed by atoms with Crippen molar-refractivity contribution in [3.8, 4) is 0 Å². The van der Waals surface area contributed by atoms with E-state index < -0.39 is 0 Å². The van der Waals surface area contributed by atoms with Crippen LogP contribution in [0.3, 0.4) is 0 Å². The molecule has 1 amide bonds. The first kappa shape index (κ1) is 14.3. The van der Waals surface area contributed by atoms with Gasteiger partial charge in [-0.2, -0.15) is 0 Å². The van der Waals surface area contributed by atoms with Crippen LogP contribution in [0.4, 0.5) is 0 Å². The number of hydrogen-bond acceptors (Lipinski definition) is 2. The summed E-state index contributed by atoms with van der Waals surface area (Å²) in [6.45, 7) is 4.71. The summed E-state index contributed by atoms with van der Waals surface area (Å²) in [6.07, 6.45) is 1.05. The molecule has 3 nitrogen and oxygen atoms in total. The quantitative estimate of drug-likeness (QED) is 0.759. The van der Waals surface area contributed by atoms with E-state index in [0.29, 0.717) is 6.04 Å². The number of rotatable bonds is 3. The highest BCUT2D eigenvalue weighted by Gasteiger charge is 2.27. The van der Waals surface area contributed by atoms with Crippen LogP contribution in [0.5, 0.6) is 0 Å². The van der Waals surface area contributed by atoms with Gasteiger partial charge in [0, 0.05) is 27.2 Å². The second-order valence-electron chi connectivity index (χ2n) is 4.36. The highest BCUT2D eigenvalue weighted by Crippen LogP contribution is 2.21. The van der Waals surface area contributed by atoms with Gasteiger partial charge >= 0.3 is 0 Å². The summed E-state index contributed by atoms with van der Waals surface area (Å²) in [4.78, 5) is 14.6. The Morgan fingerprint density at radius 2 is 2.39 bits per heavy atom. The van der Waals surface area contributed by atoms with Crippen LogP contribution >= 0.6 is 38.5 Å². The maximum absolute atomic E-state index is 12.6. The van der Waals surface area contributed by atoms with E-state index in [1.165, 1.54) is 0 Å². The van der Waals surface area contributed by atoms with Crippen molar-refractivity contribution in [2.75, 3.05) is 19.6 Å². The lowest BCUT2D eigenvalue weighted by Gasteiger charge is -2.27. The molecular formula is C13H16BrIN2O. The van der Waals surface area contributed by atoms with Crippen LogP contribution in [0, 0.1) is 3.57 Å². The molecule has 1 saturated heterocycles.